The van der Waals surface area contributed by atoms with Crippen LogP contribution in [0.5, 0.6) is 11.5 Å². The molecule has 19 heavy (non-hydrogen) atoms. The molecule has 4 nitrogen and oxygen atoms in total. The lowest BCUT2D eigenvalue weighted by molar-refractivity contribution is 0.153. The number of ether oxygens (including phenoxy) is 2. The fourth-order valence-corrected chi connectivity index (χ4v) is 2.92. The Balaban J connectivity index is 2.19. The van der Waals surface area contributed by atoms with Gasteiger partial charge < -0.3 is 14.6 Å². The van der Waals surface area contributed by atoms with E-state index in [4.69, 9.17) is 21.1 Å². The van der Waals surface area contributed by atoms with Crippen LogP contribution in [0.15, 0.2) is 12.1 Å². The molecule has 1 aliphatic heterocycles. The Morgan fingerprint density at radius 1 is 1.37 bits per heavy atom. The molecule has 0 unspecified atom stereocenters. The van der Waals surface area contributed by atoms with E-state index in [9.17, 15) is 5.11 Å². The number of rotatable bonds is 5. The van der Waals surface area contributed by atoms with E-state index in [1.807, 2.05) is 12.1 Å². The summed E-state index contributed by atoms with van der Waals surface area (Å²) in [6.07, 6.45) is 2.18. The highest BCUT2D eigenvalue weighted by molar-refractivity contribution is 6.32. The van der Waals surface area contributed by atoms with Crippen LogP contribution in [0, 0.1) is 0 Å². The summed E-state index contributed by atoms with van der Waals surface area (Å²) in [6, 6.07) is 4.10. The van der Waals surface area contributed by atoms with Crippen molar-refractivity contribution >= 4 is 11.6 Å². The van der Waals surface area contributed by atoms with Gasteiger partial charge in [-0.25, -0.2) is 0 Å². The van der Waals surface area contributed by atoms with Crippen LogP contribution in [0.2, 0.25) is 5.02 Å². The van der Waals surface area contributed by atoms with Crippen LogP contribution < -0.4 is 9.47 Å². The van der Waals surface area contributed by atoms with E-state index in [1.54, 1.807) is 14.2 Å². The smallest absolute Gasteiger partial charge is 0.179 e. The molecule has 1 aliphatic rings. The zero-order valence-corrected chi connectivity index (χ0v) is 12.1. The number of aliphatic hydroxyl groups excluding tert-OH is 1. The first-order valence-corrected chi connectivity index (χ1v) is 6.82. The summed E-state index contributed by atoms with van der Waals surface area (Å²) in [6.45, 7) is 1.99. The molecule has 0 aliphatic carbocycles. The third-order valence-corrected chi connectivity index (χ3v) is 3.87. The Morgan fingerprint density at radius 3 is 2.79 bits per heavy atom. The van der Waals surface area contributed by atoms with Crippen molar-refractivity contribution < 1.29 is 14.6 Å². The molecule has 5 heteroatoms. The van der Waals surface area contributed by atoms with Crippen molar-refractivity contribution in [1.82, 2.24) is 4.90 Å². The van der Waals surface area contributed by atoms with Crippen LogP contribution in [0.25, 0.3) is 0 Å². The molecule has 0 spiro atoms. The highest BCUT2D eigenvalue weighted by atomic mass is 35.5. The lowest BCUT2D eigenvalue weighted by Crippen LogP contribution is -2.31. The van der Waals surface area contributed by atoms with Crippen molar-refractivity contribution in [2.75, 3.05) is 27.4 Å². The van der Waals surface area contributed by atoms with Crippen molar-refractivity contribution in [2.45, 2.75) is 25.4 Å². The van der Waals surface area contributed by atoms with E-state index in [2.05, 4.69) is 4.90 Å². The van der Waals surface area contributed by atoms with Gasteiger partial charge in [-0.3, -0.25) is 4.90 Å². The maximum Gasteiger partial charge on any atom is 0.179 e. The number of likely N-dealkylation sites (tertiary alicyclic amines) is 1. The molecule has 0 amide bonds. The average Bonchev–Trinajstić information content (AvgIpc) is 2.85. The van der Waals surface area contributed by atoms with Gasteiger partial charge in [0.25, 0.3) is 0 Å². The van der Waals surface area contributed by atoms with Gasteiger partial charge in [0.05, 0.1) is 25.8 Å². The second-order valence-electron chi connectivity index (χ2n) is 4.76. The highest BCUT2D eigenvalue weighted by Crippen LogP contribution is 2.36. The minimum atomic E-state index is 0.209. The number of hydrogen-bond donors (Lipinski definition) is 1. The SMILES string of the molecule is COc1cc(CN2CCC[C@@H]2CO)cc(Cl)c1OC. The molecule has 1 heterocycles. The van der Waals surface area contributed by atoms with Gasteiger partial charge in [-0.2, -0.15) is 0 Å². The van der Waals surface area contributed by atoms with Crippen molar-refractivity contribution in [3.05, 3.63) is 22.7 Å². The fourth-order valence-electron chi connectivity index (χ4n) is 2.61. The van der Waals surface area contributed by atoms with Crippen molar-refractivity contribution in [1.29, 1.82) is 0 Å². The summed E-state index contributed by atoms with van der Waals surface area (Å²) < 4.78 is 10.5. The van der Waals surface area contributed by atoms with Gasteiger partial charge in [-0.15, -0.1) is 0 Å². The lowest BCUT2D eigenvalue weighted by Gasteiger charge is -2.23. The van der Waals surface area contributed by atoms with Gasteiger partial charge >= 0.3 is 0 Å². The molecule has 2 rings (SSSR count). The predicted octanol–water partition coefficient (Wildman–Crippen LogP) is 2.31. The van der Waals surface area contributed by atoms with Gasteiger partial charge in [-0.1, -0.05) is 11.6 Å². The number of aliphatic hydroxyl groups is 1. The maximum absolute atomic E-state index is 9.34. The van der Waals surface area contributed by atoms with Crippen molar-refractivity contribution in [2.24, 2.45) is 0 Å². The van der Waals surface area contributed by atoms with Crippen LogP contribution >= 0.6 is 11.6 Å². The molecule has 1 atom stereocenters. The van der Waals surface area contributed by atoms with E-state index in [0.717, 1.165) is 31.5 Å². The fraction of sp³-hybridized carbons (Fsp3) is 0.571. The summed E-state index contributed by atoms with van der Waals surface area (Å²) in [5.41, 5.74) is 1.07. The molecule has 0 saturated carbocycles. The van der Waals surface area contributed by atoms with Crippen LogP contribution in [-0.2, 0) is 6.54 Å². The van der Waals surface area contributed by atoms with Crippen LogP contribution in [0.1, 0.15) is 18.4 Å². The number of methoxy groups -OCH3 is 2. The topological polar surface area (TPSA) is 41.9 Å². The minimum absolute atomic E-state index is 0.209. The average molecular weight is 286 g/mol. The van der Waals surface area contributed by atoms with E-state index < -0.39 is 0 Å². The largest absolute Gasteiger partial charge is 0.493 e. The van der Waals surface area contributed by atoms with E-state index >= 15 is 0 Å². The van der Waals surface area contributed by atoms with Gasteiger partial charge in [0.2, 0.25) is 0 Å². The molecular formula is C14H20ClNO3. The van der Waals surface area contributed by atoms with Gasteiger partial charge in [0.1, 0.15) is 0 Å². The third-order valence-electron chi connectivity index (χ3n) is 3.59. The molecule has 1 saturated heterocycles. The molecular weight excluding hydrogens is 266 g/mol. The first-order valence-electron chi connectivity index (χ1n) is 6.45. The second-order valence-corrected chi connectivity index (χ2v) is 5.17. The zero-order valence-electron chi connectivity index (χ0n) is 11.4. The summed E-state index contributed by atoms with van der Waals surface area (Å²) in [4.78, 5) is 2.28. The minimum Gasteiger partial charge on any atom is -0.493 e. The van der Waals surface area contributed by atoms with Gasteiger partial charge in [0.15, 0.2) is 11.5 Å². The second kappa shape index (κ2) is 6.46. The zero-order chi connectivity index (χ0) is 13.8. The van der Waals surface area contributed by atoms with Crippen LogP contribution in [-0.4, -0.2) is 43.4 Å². The van der Waals surface area contributed by atoms with E-state index in [1.165, 1.54) is 0 Å². The van der Waals surface area contributed by atoms with Crippen LogP contribution in [0.3, 0.4) is 0 Å². The molecule has 1 fully saturated rings. The molecule has 1 aromatic rings. The summed E-state index contributed by atoms with van der Waals surface area (Å²) >= 11 is 6.20. The predicted molar refractivity (Wildman–Crippen MR) is 75.1 cm³/mol. The molecule has 0 radical (unpaired) electrons. The molecule has 1 aromatic carbocycles. The van der Waals surface area contributed by atoms with Crippen molar-refractivity contribution in [3.8, 4) is 11.5 Å². The van der Waals surface area contributed by atoms with Gasteiger partial charge in [0, 0.05) is 12.6 Å². The molecule has 1 N–H and O–H groups in total. The standard InChI is InChI=1S/C14H20ClNO3/c1-18-13-7-10(6-12(15)14(13)19-2)8-16-5-3-4-11(16)9-17/h6-7,11,17H,3-5,8-9H2,1-2H3/t11-/m1/s1. The number of benzene rings is 1. The quantitative estimate of drug-likeness (QED) is 0.901. The summed E-state index contributed by atoms with van der Waals surface area (Å²) in [7, 11) is 3.18. The van der Waals surface area contributed by atoms with Crippen LogP contribution in [0.4, 0.5) is 0 Å². The monoisotopic (exact) mass is 285 g/mol. The highest BCUT2D eigenvalue weighted by Gasteiger charge is 2.24. The molecule has 0 bridgehead atoms. The number of halogens is 1. The Bertz CT molecular complexity index is 439. The summed E-state index contributed by atoms with van der Waals surface area (Å²) in [5, 5.41) is 9.89. The number of hydrogen-bond acceptors (Lipinski definition) is 4. The number of nitrogens with zero attached hydrogens (tertiary/aromatic N) is 1. The normalized spacial score (nSPS) is 19.7. The van der Waals surface area contributed by atoms with E-state index in [0.29, 0.717) is 16.5 Å². The van der Waals surface area contributed by atoms with E-state index in [-0.39, 0.29) is 12.6 Å². The summed E-state index contributed by atoms with van der Waals surface area (Å²) in [5.74, 6) is 1.21. The van der Waals surface area contributed by atoms with Crippen molar-refractivity contribution in [3.63, 3.8) is 0 Å². The Morgan fingerprint density at radius 2 is 2.16 bits per heavy atom. The molecule has 0 aromatic heterocycles. The lowest BCUT2D eigenvalue weighted by atomic mass is 10.1. The maximum atomic E-state index is 9.34. The molecule has 106 valence electrons. The Hall–Kier alpha value is -0.970. The Labute approximate surface area is 118 Å². The van der Waals surface area contributed by atoms with Gasteiger partial charge in [-0.05, 0) is 37.1 Å². The first-order chi connectivity index (χ1) is 9.19. The Kier molecular flexibility index (Phi) is 4.91. The first kappa shape index (κ1) is 14.4. The third kappa shape index (κ3) is 3.14.